The fraction of sp³-hybridized carbons (Fsp3) is 0.385. The van der Waals surface area contributed by atoms with Crippen molar-refractivity contribution in [3.8, 4) is 11.5 Å². The van der Waals surface area contributed by atoms with Crippen LogP contribution in [0.25, 0.3) is 11.5 Å². The van der Waals surface area contributed by atoms with Gasteiger partial charge < -0.3 is 9.73 Å². The smallest absolute Gasteiger partial charge is 0.247 e. The lowest BCUT2D eigenvalue weighted by Crippen LogP contribution is -2.55. The molecule has 0 amide bonds. The molecule has 0 bridgehead atoms. The summed E-state index contributed by atoms with van der Waals surface area (Å²) >= 11 is 0. The largest absolute Gasteiger partial charge is 0.419 e. The standard InChI is InChI=1S/C13H15FN4O/c1-18(11-6-15-7-11)8-12-16-17-13(19-12)9-2-4-10(14)5-3-9/h2-5,11,15H,6-8H2,1H3. The first-order valence-corrected chi connectivity index (χ1v) is 6.21. The number of hydrogen-bond acceptors (Lipinski definition) is 5. The molecule has 0 radical (unpaired) electrons. The van der Waals surface area contributed by atoms with Crippen LogP contribution < -0.4 is 5.32 Å². The van der Waals surface area contributed by atoms with Gasteiger partial charge in [-0.25, -0.2) is 4.39 Å². The molecule has 1 aromatic heterocycles. The van der Waals surface area contributed by atoms with E-state index in [2.05, 4.69) is 20.4 Å². The van der Waals surface area contributed by atoms with Gasteiger partial charge in [0.05, 0.1) is 6.54 Å². The summed E-state index contributed by atoms with van der Waals surface area (Å²) in [6.07, 6.45) is 0. The van der Waals surface area contributed by atoms with E-state index in [1.54, 1.807) is 12.1 Å². The Morgan fingerprint density at radius 1 is 1.32 bits per heavy atom. The van der Waals surface area contributed by atoms with Crippen LogP contribution in [0, 0.1) is 5.82 Å². The van der Waals surface area contributed by atoms with E-state index in [1.165, 1.54) is 12.1 Å². The molecular weight excluding hydrogens is 247 g/mol. The normalized spacial score (nSPS) is 15.7. The number of halogens is 1. The van der Waals surface area contributed by atoms with E-state index in [0.717, 1.165) is 18.7 Å². The lowest BCUT2D eigenvalue weighted by molar-refractivity contribution is 0.160. The highest BCUT2D eigenvalue weighted by Gasteiger charge is 2.23. The summed E-state index contributed by atoms with van der Waals surface area (Å²) in [6.45, 7) is 2.62. The van der Waals surface area contributed by atoms with Crippen LogP contribution in [0.1, 0.15) is 5.89 Å². The molecule has 1 saturated heterocycles. The SMILES string of the molecule is CN(Cc1nnc(-c2ccc(F)cc2)o1)C1CNC1. The first-order valence-electron chi connectivity index (χ1n) is 6.21. The van der Waals surface area contributed by atoms with Crippen LogP contribution in [0.4, 0.5) is 4.39 Å². The van der Waals surface area contributed by atoms with Crippen molar-refractivity contribution in [2.24, 2.45) is 0 Å². The fourth-order valence-corrected chi connectivity index (χ4v) is 1.95. The van der Waals surface area contributed by atoms with Gasteiger partial charge in [0.2, 0.25) is 11.8 Å². The minimum atomic E-state index is -0.277. The number of aromatic nitrogens is 2. The highest BCUT2D eigenvalue weighted by molar-refractivity contribution is 5.51. The van der Waals surface area contributed by atoms with Gasteiger partial charge in [0.1, 0.15) is 5.82 Å². The maximum absolute atomic E-state index is 12.8. The van der Waals surface area contributed by atoms with Crippen LogP contribution in [0.3, 0.4) is 0 Å². The van der Waals surface area contributed by atoms with Gasteiger partial charge in [0, 0.05) is 24.7 Å². The predicted octanol–water partition coefficient (Wildman–Crippen LogP) is 1.28. The molecule has 0 unspecified atom stereocenters. The molecule has 5 nitrogen and oxygen atoms in total. The maximum Gasteiger partial charge on any atom is 0.247 e. The quantitative estimate of drug-likeness (QED) is 0.899. The molecule has 1 aliphatic heterocycles. The molecule has 3 rings (SSSR count). The van der Waals surface area contributed by atoms with E-state index in [0.29, 0.717) is 24.4 Å². The lowest BCUT2D eigenvalue weighted by atomic mass is 10.1. The molecule has 2 heterocycles. The Balaban J connectivity index is 1.70. The van der Waals surface area contributed by atoms with Gasteiger partial charge >= 0.3 is 0 Å². The van der Waals surface area contributed by atoms with Crippen LogP contribution in [0.5, 0.6) is 0 Å². The summed E-state index contributed by atoms with van der Waals surface area (Å²) in [5.74, 6) is 0.726. The van der Waals surface area contributed by atoms with Gasteiger partial charge in [-0.15, -0.1) is 10.2 Å². The minimum absolute atomic E-state index is 0.277. The highest BCUT2D eigenvalue weighted by Crippen LogP contribution is 2.19. The Bertz CT molecular complexity index is 550. The molecule has 1 aromatic carbocycles. The van der Waals surface area contributed by atoms with Crippen molar-refractivity contribution in [1.82, 2.24) is 20.4 Å². The minimum Gasteiger partial charge on any atom is -0.419 e. The van der Waals surface area contributed by atoms with Crippen molar-refractivity contribution in [3.05, 3.63) is 36.0 Å². The van der Waals surface area contributed by atoms with E-state index in [9.17, 15) is 4.39 Å². The molecule has 100 valence electrons. The van der Waals surface area contributed by atoms with Gasteiger partial charge in [-0.1, -0.05) is 0 Å². The maximum atomic E-state index is 12.8. The number of benzene rings is 1. The third-order valence-electron chi connectivity index (χ3n) is 3.33. The summed E-state index contributed by atoms with van der Waals surface area (Å²) in [5, 5.41) is 11.2. The third-order valence-corrected chi connectivity index (χ3v) is 3.33. The molecule has 1 fully saturated rings. The Labute approximate surface area is 110 Å². The van der Waals surface area contributed by atoms with Crippen LogP contribution in [-0.4, -0.2) is 41.3 Å². The van der Waals surface area contributed by atoms with Gasteiger partial charge in [0.15, 0.2) is 0 Å². The van der Waals surface area contributed by atoms with E-state index in [-0.39, 0.29) is 5.82 Å². The summed E-state index contributed by atoms with van der Waals surface area (Å²) in [7, 11) is 2.03. The van der Waals surface area contributed by atoms with E-state index in [4.69, 9.17) is 4.42 Å². The Kier molecular flexibility index (Phi) is 3.27. The number of hydrogen-bond donors (Lipinski definition) is 1. The number of nitrogens with one attached hydrogen (secondary N) is 1. The Morgan fingerprint density at radius 3 is 2.68 bits per heavy atom. The topological polar surface area (TPSA) is 54.2 Å². The van der Waals surface area contributed by atoms with Gasteiger partial charge in [0.25, 0.3) is 0 Å². The molecular formula is C13H15FN4O. The molecule has 2 aromatic rings. The first kappa shape index (κ1) is 12.3. The van der Waals surface area contributed by atoms with Crippen molar-refractivity contribution < 1.29 is 8.81 Å². The second-order valence-corrected chi connectivity index (χ2v) is 4.74. The average molecular weight is 262 g/mol. The number of nitrogens with zero attached hydrogens (tertiary/aromatic N) is 3. The molecule has 0 aliphatic carbocycles. The number of rotatable bonds is 4. The van der Waals surface area contributed by atoms with Crippen molar-refractivity contribution >= 4 is 0 Å². The summed E-state index contributed by atoms with van der Waals surface area (Å²) in [5.41, 5.74) is 0.730. The van der Waals surface area contributed by atoms with Crippen LogP contribution in [-0.2, 0) is 6.54 Å². The van der Waals surface area contributed by atoms with Gasteiger partial charge in [-0.2, -0.15) is 0 Å². The van der Waals surface area contributed by atoms with E-state index >= 15 is 0 Å². The van der Waals surface area contributed by atoms with Crippen molar-refractivity contribution in [2.75, 3.05) is 20.1 Å². The molecule has 0 atom stereocenters. The monoisotopic (exact) mass is 262 g/mol. The second kappa shape index (κ2) is 5.07. The predicted molar refractivity (Wildman–Crippen MR) is 67.8 cm³/mol. The molecule has 0 saturated carbocycles. The average Bonchev–Trinajstić information content (AvgIpc) is 2.76. The zero-order valence-corrected chi connectivity index (χ0v) is 10.6. The van der Waals surface area contributed by atoms with Crippen molar-refractivity contribution in [2.45, 2.75) is 12.6 Å². The second-order valence-electron chi connectivity index (χ2n) is 4.74. The van der Waals surface area contributed by atoms with E-state index in [1.807, 2.05) is 7.05 Å². The highest BCUT2D eigenvalue weighted by atomic mass is 19.1. The molecule has 0 spiro atoms. The summed E-state index contributed by atoms with van der Waals surface area (Å²) in [4.78, 5) is 2.18. The molecule has 1 N–H and O–H groups in total. The molecule has 19 heavy (non-hydrogen) atoms. The summed E-state index contributed by atoms with van der Waals surface area (Å²) < 4.78 is 18.4. The zero-order chi connectivity index (χ0) is 13.2. The van der Waals surface area contributed by atoms with Crippen molar-refractivity contribution in [3.63, 3.8) is 0 Å². The first-order chi connectivity index (χ1) is 9.22. The zero-order valence-electron chi connectivity index (χ0n) is 10.6. The Hall–Kier alpha value is -1.79. The fourth-order valence-electron chi connectivity index (χ4n) is 1.95. The number of likely N-dealkylation sites (N-methyl/N-ethyl adjacent to an activating group) is 1. The third kappa shape index (κ3) is 2.64. The van der Waals surface area contributed by atoms with Crippen LogP contribution in [0.2, 0.25) is 0 Å². The molecule has 1 aliphatic rings. The van der Waals surface area contributed by atoms with Crippen molar-refractivity contribution in [1.29, 1.82) is 0 Å². The van der Waals surface area contributed by atoms with Gasteiger partial charge in [-0.05, 0) is 31.3 Å². The Morgan fingerprint density at radius 2 is 2.05 bits per heavy atom. The van der Waals surface area contributed by atoms with Crippen LogP contribution in [0.15, 0.2) is 28.7 Å². The summed E-state index contributed by atoms with van der Waals surface area (Å²) in [6, 6.07) is 6.55. The van der Waals surface area contributed by atoms with Gasteiger partial charge in [-0.3, -0.25) is 4.90 Å². The van der Waals surface area contributed by atoms with E-state index < -0.39 is 0 Å². The van der Waals surface area contributed by atoms with Crippen LogP contribution >= 0.6 is 0 Å². The molecule has 6 heteroatoms. The lowest BCUT2D eigenvalue weighted by Gasteiger charge is -2.34.